The molecule has 0 amide bonds. The summed E-state index contributed by atoms with van der Waals surface area (Å²) in [6.07, 6.45) is -0.224. The van der Waals surface area contributed by atoms with Crippen LogP contribution < -0.4 is 5.46 Å². The standard InChI is InChI=1S/C12H17BN2O4/c1-3-18-8-11-15(2)14-12(19-11)9-4-6-10(7-5-9)13(16)17/h4-7,11,16-17H,3,8H2,1-2H3. The molecule has 0 saturated carbocycles. The minimum absolute atomic E-state index is 0.224. The minimum atomic E-state index is -1.46. The molecule has 1 atom stereocenters. The average Bonchev–Trinajstić information content (AvgIpc) is 2.78. The predicted octanol–water partition coefficient (Wildman–Crippen LogP) is -0.647. The quantitative estimate of drug-likeness (QED) is 0.691. The Morgan fingerprint density at radius 2 is 2.05 bits per heavy atom. The fraction of sp³-hybridized carbons (Fsp3) is 0.417. The highest BCUT2D eigenvalue weighted by Crippen LogP contribution is 2.15. The van der Waals surface area contributed by atoms with E-state index in [4.69, 9.17) is 19.5 Å². The van der Waals surface area contributed by atoms with Gasteiger partial charge < -0.3 is 19.5 Å². The van der Waals surface area contributed by atoms with Crippen LogP contribution in [-0.2, 0) is 9.47 Å². The van der Waals surface area contributed by atoms with E-state index in [9.17, 15) is 0 Å². The van der Waals surface area contributed by atoms with Crippen LogP contribution >= 0.6 is 0 Å². The molecule has 102 valence electrons. The molecule has 0 aliphatic carbocycles. The Morgan fingerprint density at radius 1 is 1.37 bits per heavy atom. The Bertz CT molecular complexity index is 450. The lowest BCUT2D eigenvalue weighted by Gasteiger charge is -2.17. The summed E-state index contributed by atoms with van der Waals surface area (Å²) >= 11 is 0. The van der Waals surface area contributed by atoms with E-state index in [1.54, 1.807) is 29.3 Å². The van der Waals surface area contributed by atoms with Crippen molar-refractivity contribution in [2.75, 3.05) is 20.3 Å². The van der Waals surface area contributed by atoms with Gasteiger partial charge in [0.25, 0.3) is 0 Å². The Kier molecular flexibility index (Phi) is 4.41. The van der Waals surface area contributed by atoms with E-state index in [0.29, 0.717) is 24.6 Å². The van der Waals surface area contributed by atoms with Crippen LogP contribution in [0.4, 0.5) is 0 Å². The third kappa shape index (κ3) is 3.26. The second-order valence-electron chi connectivity index (χ2n) is 4.21. The fourth-order valence-corrected chi connectivity index (χ4v) is 1.72. The first-order valence-corrected chi connectivity index (χ1v) is 6.14. The Balaban J connectivity index is 2.05. The van der Waals surface area contributed by atoms with Gasteiger partial charge in [-0.25, -0.2) is 0 Å². The van der Waals surface area contributed by atoms with Crippen molar-refractivity contribution in [3.63, 3.8) is 0 Å². The van der Waals surface area contributed by atoms with Gasteiger partial charge in [0.1, 0.15) is 6.61 Å². The van der Waals surface area contributed by atoms with Crippen LogP contribution in [-0.4, -0.2) is 54.6 Å². The Labute approximate surface area is 112 Å². The van der Waals surface area contributed by atoms with Crippen LogP contribution in [0.2, 0.25) is 0 Å². The molecule has 1 aliphatic heterocycles. The number of hydrazone groups is 1. The van der Waals surface area contributed by atoms with Crippen molar-refractivity contribution >= 4 is 18.5 Å². The molecule has 1 unspecified atom stereocenters. The van der Waals surface area contributed by atoms with E-state index in [0.717, 1.165) is 5.56 Å². The highest BCUT2D eigenvalue weighted by atomic mass is 16.6. The first-order valence-electron chi connectivity index (χ1n) is 6.14. The summed E-state index contributed by atoms with van der Waals surface area (Å²) < 4.78 is 11.0. The summed E-state index contributed by atoms with van der Waals surface area (Å²) in [5.41, 5.74) is 1.22. The zero-order chi connectivity index (χ0) is 13.8. The molecular formula is C12H17BN2O4. The van der Waals surface area contributed by atoms with Gasteiger partial charge in [-0.3, -0.25) is 5.01 Å². The van der Waals surface area contributed by atoms with Crippen LogP contribution in [0.5, 0.6) is 0 Å². The molecule has 0 saturated heterocycles. The summed E-state index contributed by atoms with van der Waals surface area (Å²) in [6.45, 7) is 3.01. The molecule has 0 radical (unpaired) electrons. The highest BCUT2D eigenvalue weighted by Gasteiger charge is 2.26. The molecule has 6 nitrogen and oxygen atoms in total. The number of hydrogen-bond donors (Lipinski definition) is 2. The van der Waals surface area contributed by atoms with Gasteiger partial charge in [0.15, 0.2) is 0 Å². The van der Waals surface area contributed by atoms with Crippen molar-refractivity contribution in [1.82, 2.24) is 5.01 Å². The van der Waals surface area contributed by atoms with Crippen LogP contribution in [0.15, 0.2) is 29.4 Å². The number of likely N-dealkylation sites (N-methyl/N-ethyl adjacent to an activating group) is 1. The van der Waals surface area contributed by atoms with Crippen molar-refractivity contribution in [1.29, 1.82) is 0 Å². The van der Waals surface area contributed by atoms with E-state index in [2.05, 4.69) is 5.10 Å². The first-order chi connectivity index (χ1) is 9.11. The monoisotopic (exact) mass is 264 g/mol. The number of rotatable bonds is 5. The Hall–Kier alpha value is -1.57. The van der Waals surface area contributed by atoms with Gasteiger partial charge in [0.2, 0.25) is 12.1 Å². The van der Waals surface area contributed by atoms with E-state index in [1.165, 1.54) is 0 Å². The van der Waals surface area contributed by atoms with Crippen molar-refractivity contribution in [2.24, 2.45) is 5.10 Å². The first kappa shape index (κ1) is 13.9. The zero-order valence-electron chi connectivity index (χ0n) is 11.0. The molecule has 0 bridgehead atoms. The average molecular weight is 264 g/mol. The van der Waals surface area contributed by atoms with Crippen molar-refractivity contribution in [3.8, 4) is 0 Å². The third-order valence-electron chi connectivity index (χ3n) is 2.83. The van der Waals surface area contributed by atoms with Crippen LogP contribution in [0, 0.1) is 0 Å². The van der Waals surface area contributed by atoms with Gasteiger partial charge >= 0.3 is 7.12 Å². The minimum Gasteiger partial charge on any atom is -0.448 e. The lowest BCUT2D eigenvalue weighted by Crippen LogP contribution is -2.30. The molecule has 1 aromatic carbocycles. The molecule has 0 spiro atoms. The predicted molar refractivity (Wildman–Crippen MR) is 71.9 cm³/mol. The molecule has 1 heterocycles. The second-order valence-corrected chi connectivity index (χ2v) is 4.21. The second kappa shape index (κ2) is 6.05. The summed E-state index contributed by atoms with van der Waals surface area (Å²) in [6, 6.07) is 6.73. The van der Waals surface area contributed by atoms with E-state index in [-0.39, 0.29) is 6.23 Å². The molecule has 19 heavy (non-hydrogen) atoms. The van der Waals surface area contributed by atoms with Crippen LogP contribution in [0.25, 0.3) is 0 Å². The molecule has 1 aliphatic rings. The van der Waals surface area contributed by atoms with E-state index < -0.39 is 7.12 Å². The van der Waals surface area contributed by atoms with E-state index in [1.807, 2.05) is 14.0 Å². The summed E-state index contributed by atoms with van der Waals surface area (Å²) in [7, 11) is 0.358. The van der Waals surface area contributed by atoms with Gasteiger partial charge in [-0.05, 0) is 24.5 Å². The lowest BCUT2D eigenvalue weighted by atomic mass is 9.80. The molecule has 0 aromatic heterocycles. The lowest BCUT2D eigenvalue weighted by molar-refractivity contribution is -0.00979. The summed E-state index contributed by atoms with van der Waals surface area (Å²) in [5.74, 6) is 0.506. The van der Waals surface area contributed by atoms with Crippen LogP contribution in [0.1, 0.15) is 12.5 Å². The summed E-state index contributed by atoms with van der Waals surface area (Å²) in [5, 5.41) is 24.1. The van der Waals surface area contributed by atoms with E-state index >= 15 is 0 Å². The number of ether oxygens (including phenoxy) is 2. The van der Waals surface area contributed by atoms with Crippen molar-refractivity contribution in [2.45, 2.75) is 13.2 Å². The van der Waals surface area contributed by atoms with Gasteiger partial charge in [0, 0.05) is 19.2 Å². The SMILES string of the molecule is CCOCC1OC(c2ccc(B(O)O)cc2)=NN1C. The molecule has 0 fully saturated rings. The van der Waals surface area contributed by atoms with Gasteiger partial charge in [-0.2, -0.15) is 0 Å². The highest BCUT2D eigenvalue weighted by molar-refractivity contribution is 6.58. The van der Waals surface area contributed by atoms with Crippen molar-refractivity contribution in [3.05, 3.63) is 29.8 Å². The largest absolute Gasteiger partial charge is 0.488 e. The van der Waals surface area contributed by atoms with Gasteiger partial charge in [-0.1, -0.05) is 12.1 Å². The Morgan fingerprint density at radius 3 is 2.63 bits per heavy atom. The molecule has 7 heteroatoms. The maximum atomic E-state index is 9.03. The number of hydrogen-bond acceptors (Lipinski definition) is 6. The van der Waals surface area contributed by atoms with Crippen LogP contribution in [0.3, 0.4) is 0 Å². The molecular weight excluding hydrogens is 247 g/mol. The van der Waals surface area contributed by atoms with Crippen molar-refractivity contribution < 1.29 is 19.5 Å². The zero-order valence-corrected chi connectivity index (χ0v) is 11.0. The molecule has 1 aromatic rings. The molecule has 2 rings (SSSR count). The molecule has 2 N–H and O–H groups in total. The maximum Gasteiger partial charge on any atom is 0.488 e. The van der Waals surface area contributed by atoms with Gasteiger partial charge in [0.05, 0.1) is 0 Å². The maximum absolute atomic E-state index is 9.03. The summed E-state index contributed by atoms with van der Waals surface area (Å²) in [4.78, 5) is 0. The number of nitrogens with zero attached hydrogens (tertiary/aromatic N) is 2. The smallest absolute Gasteiger partial charge is 0.448 e. The normalized spacial score (nSPS) is 18.2. The topological polar surface area (TPSA) is 74.5 Å². The van der Waals surface area contributed by atoms with Gasteiger partial charge in [-0.15, -0.1) is 5.10 Å². The third-order valence-corrected chi connectivity index (χ3v) is 2.83. The number of benzene rings is 1. The fourth-order valence-electron chi connectivity index (χ4n) is 1.72.